The number of pyridine rings is 1. The lowest BCUT2D eigenvalue weighted by Gasteiger charge is -1.97. The van der Waals surface area contributed by atoms with Gasteiger partial charge < -0.3 is 0 Å². The van der Waals surface area contributed by atoms with Gasteiger partial charge in [-0.15, -0.1) is 0 Å². The number of hydrogen-bond acceptors (Lipinski definition) is 2. The molecule has 1 aromatic rings. The molecule has 0 amide bonds. The second-order valence-electron chi connectivity index (χ2n) is 2.36. The third-order valence-corrected chi connectivity index (χ3v) is 1.77. The number of hydrogen-bond donors (Lipinski definition) is 0. The fraction of sp³-hybridized carbons (Fsp3) is 0.111. The van der Waals surface area contributed by atoms with Crippen molar-refractivity contribution in [2.45, 2.75) is 6.92 Å². The van der Waals surface area contributed by atoms with Crippen molar-refractivity contribution in [1.29, 1.82) is 0 Å². The lowest BCUT2D eigenvalue weighted by Crippen LogP contribution is -1.99. The highest BCUT2D eigenvalue weighted by molar-refractivity contribution is 6.28. The maximum Gasteiger partial charge on any atom is 0.191 e. The second kappa shape index (κ2) is 4.02. The van der Waals surface area contributed by atoms with Gasteiger partial charge in [-0.25, -0.2) is 0 Å². The standard InChI is InChI=1S/C9H8ClNO/c1-7(5-10)9(12)8-3-2-4-11-6-8/h2-6H,1H3. The first-order chi connectivity index (χ1) is 5.75. The minimum Gasteiger partial charge on any atom is -0.289 e. The van der Waals surface area contributed by atoms with Crippen LogP contribution in [0.4, 0.5) is 0 Å². The molecule has 0 aliphatic heterocycles. The predicted molar refractivity (Wildman–Crippen MR) is 48.2 cm³/mol. The van der Waals surface area contributed by atoms with Gasteiger partial charge in [-0.05, 0) is 19.1 Å². The van der Waals surface area contributed by atoms with Crippen molar-refractivity contribution in [1.82, 2.24) is 4.98 Å². The van der Waals surface area contributed by atoms with Gasteiger partial charge in [0.2, 0.25) is 0 Å². The fourth-order valence-corrected chi connectivity index (χ4v) is 0.873. The Morgan fingerprint density at radius 3 is 2.92 bits per heavy atom. The maximum atomic E-state index is 11.4. The van der Waals surface area contributed by atoms with Crippen molar-refractivity contribution >= 4 is 17.4 Å². The Labute approximate surface area is 75.9 Å². The fourth-order valence-electron chi connectivity index (χ4n) is 0.774. The van der Waals surface area contributed by atoms with Crippen LogP contribution in [0.5, 0.6) is 0 Å². The van der Waals surface area contributed by atoms with E-state index in [-0.39, 0.29) is 5.78 Å². The highest BCUT2D eigenvalue weighted by atomic mass is 35.5. The van der Waals surface area contributed by atoms with Crippen LogP contribution in [0.3, 0.4) is 0 Å². The van der Waals surface area contributed by atoms with E-state index in [0.29, 0.717) is 11.1 Å². The highest BCUT2D eigenvalue weighted by Crippen LogP contribution is 2.06. The van der Waals surface area contributed by atoms with Crippen LogP contribution in [0, 0.1) is 0 Å². The molecule has 2 nitrogen and oxygen atoms in total. The van der Waals surface area contributed by atoms with E-state index in [1.54, 1.807) is 25.3 Å². The number of halogens is 1. The quantitative estimate of drug-likeness (QED) is 0.518. The molecule has 12 heavy (non-hydrogen) atoms. The molecule has 0 N–H and O–H groups in total. The summed E-state index contributed by atoms with van der Waals surface area (Å²) in [6, 6.07) is 3.42. The average molecular weight is 182 g/mol. The van der Waals surface area contributed by atoms with Crippen molar-refractivity contribution in [2.75, 3.05) is 0 Å². The van der Waals surface area contributed by atoms with E-state index in [2.05, 4.69) is 4.98 Å². The van der Waals surface area contributed by atoms with Gasteiger partial charge >= 0.3 is 0 Å². The van der Waals surface area contributed by atoms with Crippen LogP contribution < -0.4 is 0 Å². The van der Waals surface area contributed by atoms with Gasteiger partial charge in [-0.1, -0.05) is 11.6 Å². The maximum absolute atomic E-state index is 11.4. The molecule has 3 heteroatoms. The largest absolute Gasteiger partial charge is 0.289 e. The molecule has 0 aromatic carbocycles. The number of aromatic nitrogens is 1. The van der Waals surface area contributed by atoms with Crippen LogP contribution in [0.15, 0.2) is 35.6 Å². The highest BCUT2D eigenvalue weighted by Gasteiger charge is 2.06. The summed E-state index contributed by atoms with van der Waals surface area (Å²) in [7, 11) is 0. The van der Waals surface area contributed by atoms with Gasteiger partial charge in [-0.2, -0.15) is 0 Å². The number of allylic oxidation sites excluding steroid dienone is 1. The number of Topliss-reactive ketones (excluding diaryl/α,β-unsaturated/α-hetero) is 1. The third kappa shape index (κ3) is 1.92. The number of rotatable bonds is 2. The minimum absolute atomic E-state index is 0.0851. The van der Waals surface area contributed by atoms with Gasteiger partial charge in [0.1, 0.15) is 0 Å². The Hall–Kier alpha value is -1.15. The molecule has 0 unspecified atom stereocenters. The molecule has 0 aliphatic carbocycles. The zero-order chi connectivity index (χ0) is 8.97. The monoisotopic (exact) mass is 181 g/mol. The van der Waals surface area contributed by atoms with Gasteiger partial charge in [0.25, 0.3) is 0 Å². The van der Waals surface area contributed by atoms with Crippen molar-refractivity contribution in [3.05, 3.63) is 41.2 Å². The molecule has 0 aliphatic rings. The normalized spacial score (nSPS) is 11.3. The predicted octanol–water partition coefficient (Wildman–Crippen LogP) is 2.41. The zero-order valence-corrected chi connectivity index (χ0v) is 7.38. The first kappa shape index (κ1) is 8.94. The average Bonchev–Trinajstić information content (AvgIpc) is 2.17. The van der Waals surface area contributed by atoms with E-state index >= 15 is 0 Å². The Kier molecular flexibility index (Phi) is 3.00. The number of carbonyl (C=O) groups excluding carboxylic acids is 1. The summed E-state index contributed by atoms with van der Waals surface area (Å²) in [4.78, 5) is 15.2. The van der Waals surface area contributed by atoms with Gasteiger partial charge in [0.05, 0.1) is 0 Å². The number of nitrogens with zero attached hydrogens (tertiary/aromatic N) is 1. The first-order valence-electron chi connectivity index (χ1n) is 3.47. The summed E-state index contributed by atoms with van der Waals surface area (Å²) in [5.74, 6) is -0.0851. The third-order valence-electron chi connectivity index (χ3n) is 1.45. The smallest absolute Gasteiger partial charge is 0.191 e. The summed E-state index contributed by atoms with van der Waals surface area (Å²) >= 11 is 5.39. The van der Waals surface area contributed by atoms with E-state index in [4.69, 9.17) is 11.6 Å². The number of carbonyl (C=O) groups is 1. The van der Waals surface area contributed by atoms with E-state index < -0.39 is 0 Å². The van der Waals surface area contributed by atoms with E-state index in [0.717, 1.165) is 0 Å². The van der Waals surface area contributed by atoms with E-state index in [1.807, 2.05) is 0 Å². The zero-order valence-electron chi connectivity index (χ0n) is 6.62. The molecule has 1 heterocycles. The molecule has 0 bridgehead atoms. The van der Waals surface area contributed by atoms with Gasteiger partial charge in [0.15, 0.2) is 5.78 Å². The Morgan fingerprint density at radius 2 is 2.42 bits per heavy atom. The molecule has 1 rings (SSSR count). The van der Waals surface area contributed by atoms with Crippen LogP contribution in [-0.2, 0) is 0 Å². The lowest BCUT2D eigenvalue weighted by atomic mass is 10.1. The van der Waals surface area contributed by atoms with Crippen molar-refractivity contribution in [3.8, 4) is 0 Å². The van der Waals surface area contributed by atoms with Crippen molar-refractivity contribution in [3.63, 3.8) is 0 Å². The summed E-state index contributed by atoms with van der Waals surface area (Å²) in [6.45, 7) is 1.67. The van der Waals surface area contributed by atoms with Crippen LogP contribution >= 0.6 is 11.6 Å². The summed E-state index contributed by atoms with van der Waals surface area (Å²) < 4.78 is 0. The summed E-state index contributed by atoms with van der Waals surface area (Å²) in [6.07, 6.45) is 3.14. The number of ketones is 1. The minimum atomic E-state index is -0.0851. The van der Waals surface area contributed by atoms with Crippen LogP contribution in [0.1, 0.15) is 17.3 Å². The van der Waals surface area contributed by atoms with E-state index in [1.165, 1.54) is 11.7 Å². The van der Waals surface area contributed by atoms with Crippen LogP contribution in [0.2, 0.25) is 0 Å². The Bertz CT molecular complexity index is 306. The molecule has 62 valence electrons. The molecule has 0 spiro atoms. The molecular weight excluding hydrogens is 174 g/mol. The summed E-state index contributed by atoms with van der Waals surface area (Å²) in [5, 5.41) is 0. The molecule has 0 saturated heterocycles. The lowest BCUT2D eigenvalue weighted by molar-refractivity contribution is 0.103. The van der Waals surface area contributed by atoms with Gasteiger partial charge in [0, 0.05) is 29.1 Å². The van der Waals surface area contributed by atoms with Crippen LogP contribution in [0.25, 0.3) is 0 Å². The molecule has 1 aromatic heterocycles. The van der Waals surface area contributed by atoms with Crippen molar-refractivity contribution < 1.29 is 4.79 Å². The molecule has 0 fully saturated rings. The van der Waals surface area contributed by atoms with E-state index in [9.17, 15) is 4.79 Å². The Balaban J connectivity index is 2.94. The van der Waals surface area contributed by atoms with Crippen molar-refractivity contribution in [2.24, 2.45) is 0 Å². The first-order valence-corrected chi connectivity index (χ1v) is 3.91. The Morgan fingerprint density at radius 1 is 1.67 bits per heavy atom. The SMILES string of the molecule is CC(=CCl)C(=O)c1cccnc1. The van der Waals surface area contributed by atoms with Gasteiger partial charge in [-0.3, -0.25) is 9.78 Å². The summed E-state index contributed by atoms with van der Waals surface area (Å²) in [5.41, 5.74) is 2.35. The molecule has 0 radical (unpaired) electrons. The second-order valence-corrected chi connectivity index (χ2v) is 2.58. The topological polar surface area (TPSA) is 30.0 Å². The molecule has 0 atom stereocenters. The van der Waals surface area contributed by atoms with Crippen LogP contribution in [-0.4, -0.2) is 10.8 Å². The molecule has 0 saturated carbocycles. The molecular formula is C9H8ClNO.